The van der Waals surface area contributed by atoms with Gasteiger partial charge in [0.05, 0.1) is 43.5 Å². The number of ketones is 1. The number of carbonyl (C=O) groups excluding carboxylic acids is 2. The van der Waals surface area contributed by atoms with Crippen LogP contribution in [-0.4, -0.2) is 43.2 Å². The summed E-state index contributed by atoms with van der Waals surface area (Å²) in [7, 11) is 4.31. The number of Topliss-reactive ketones (excluding diaryl/α,β-unsaturated/α-hetero) is 1. The lowest BCUT2D eigenvalue weighted by Gasteiger charge is -2.26. The quantitative estimate of drug-likeness (QED) is 0.290. The van der Waals surface area contributed by atoms with E-state index in [2.05, 4.69) is 0 Å². The first-order valence-electron chi connectivity index (χ1n) is 10.5. The molecular formula is C26H22ClNO7. The molecule has 1 amide bonds. The molecule has 1 aliphatic heterocycles. The Hall–Kier alpha value is -4.17. The van der Waals surface area contributed by atoms with Crippen LogP contribution in [-0.2, 0) is 9.59 Å². The van der Waals surface area contributed by atoms with E-state index in [1.807, 2.05) is 0 Å². The van der Waals surface area contributed by atoms with E-state index in [1.54, 1.807) is 36.4 Å². The van der Waals surface area contributed by atoms with Crippen LogP contribution in [0.3, 0.4) is 0 Å². The average molecular weight is 496 g/mol. The number of phenolic OH excluding ortho intramolecular Hbond substituents is 1. The molecule has 1 atom stereocenters. The minimum Gasteiger partial charge on any atom is -0.508 e. The first-order chi connectivity index (χ1) is 16.8. The van der Waals surface area contributed by atoms with Gasteiger partial charge >= 0.3 is 0 Å². The van der Waals surface area contributed by atoms with Crippen molar-refractivity contribution in [1.82, 2.24) is 0 Å². The number of benzene rings is 3. The number of amides is 1. The molecule has 4 rings (SSSR count). The monoisotopic (exact) mass is 495 g/mol. The van der Waals surface area contributed by atoms with Crippen molar-refractivity contribution in [2.45, 2.75) is 6.04 Å². The third-order valence-electron chi connectivity index (χ3n) is 5.69. The summed E-state index contributed by atoms with van der Waals surface area (Å²) in [5.74, 6) is -1.35. The second-order valence-electron chi connectivity index (χ2n) is 7.65. The molecule has 1 fully saturated rings. The number of hydrogen-bond acceptors (Lipinski definition) is 7. The van der Waals surface area contributed by atoms with Crippen molar-refractivity contribution >= 4 is 34.7 Å². The summed E-state index contributed by atoms with van der Waals surface area (Å²) in [5.41, 5.74) is 0.695. The SMILES string of the molecule is COc1cccc(N2C(=O)C(=O)/C(=C(/O)c3cc(Cl)c(OC)cc3OC)C2c2cccc(O)c2)c1. The lowest BCUT2D eigenvalue weighted by molar-refractivity contribution is -0.132. The molecule has 9 heteroatoms. The highest BCUT2D eigenvalue weighted by Gasteiger charge is 2.47. The average Bonchev–Trinajstić information content (AvgIpc) is 3.13. The lowest BCUT2D eigenvalue weighted by atomic mass is 9.94. The topological polar surface area (TPSA) is 106 Å². The third-order valence-corrected chi connectivity index (χ3v) is 5.99. The van der Waals surface area contributed by atoms with Crippen molar-refractivity contribution in [3.05, 3.63) is 82.4 Å². The normalized spacial score (nSPS) is 16.9. The van der Waals surface area contributed by atoms with Crippen molar-refractivity contribution in [3.8, 4) is 23.0 Å². The minimum absolute atomic E-state index is 0.0659. The minimum atomic E-state index is -1.06. The predicted molar refractivity (Wildman–Crippen MR) is 130 cm³/mol. The molecule has 0 bridgehead atoms. The fourth-order valence-electron chi connectivity index (χ4n) is 4.06. The molecule has 3 aromatic rings. The van der Waals surface area contributed by atoms with E-state index in [9.17, 15) is 19.8 Å². The van der Waals surface area contributed by atoms with Gasteiger partial charge in [-0.25, -0.2) is 0 Å². The van der Waals surface area contributed by atoms with Gasteiger partial charge in [-0.1, -0.05) is 29.8 Å². The van der Waals surface area contributed by atoms with E-state index in [-0.39, 0.29) is 27.7 Å². The van der Waals surface area contributed by atoms with Gasteiger partial charge < -0.3 is 24.4 Å². The van der Waals surface area contributed by atoms with Crippen LogP contribution in [0.1, 0.15) is 17.2 Å². The Morgan fingerprint density at radius 2 is 1.63 bits per heavy atom. The Kier molecular flexibility index (Phi) is 6.57. The Morgan fingerprint density at radius 1 is 0.914 bits per heavy atom. The molecule has 1 heterocycles. The van der Waals surface area contributed by atoms with Crippen LogP contribution in [0.2, 0.25) is 5.02 Å². The number of rotatable bonds is 6. The Bertz CT molecular complexity index is 1350. The van der Waals surface area contributed by atoms with Gasteiger partial charge in [-0.15, -0.1) is 0 Å². The molecule has 0 radical (unpaired) electrons. The third kappa shape index (κ3) is 4.24. The van der Waals surface area contributed by atoms with E-state index in [0.29, 0.717) is 22.7 Å². The molecule has 1 unspecified atom stereocenters. The zero-order valence-corrected chi connectivity index (χ0v) is 19.9. The number of ether oxygens (including phenoxy) is 3. The fourth-order valence-corrected chi connectivity index (χ4v) is 4.30. The Morgan fingerprint density at radius 3 is 2.29 bits per heavy atom. The molecule has 2 N–H and O–H groups in total. The van der Waals surface area contributed by atoms with Gasteiger partial charge in [0.2, 0.25) is 0 Å². The summed E-state index contributed by atoms with van der Waals surface area (Å²) in [6.45, 7) is 0. The van der Waals surface area contributed by atoms with E-state index < -0.39 is 23.5 Å². The summed E-state index contributed by atoms with van der Waals surface area (Å²) >= 11 is 6.28. The summed E-state index contributed by atoms with van der Waals surface area (Å²) in [5, 5.41) is 21.7. The largest absolute Gasteiger partial charge is 0.508 e. The highest BCUT2D eigenvalue weighted by atomic mass is 35.5. The van der Waals surface area contributed by atoms with Gasteiger partial charge in [0.15, 0.2) is 0 Å². The summed E-state index contributed by atoms with van der Waals surface area (Å²) in [6, 6.07) is 14.6. The number of aliphatic hydroxyl groups is 1. The molecule has 0 aliphatic carbocycles. The van der Waals surface area contributed by atoms with Gasteiger partial charge in [-0.05, 0) is 35.9 Å². The van der Waals surface area contributed by atoms with Crippen LogP contribution < -0.4 is 19.1 Å². The number of carbonyl (C=O) groups is 2. The van der Waals surface area contributed by atoms with Crippen molar-refractivity contribution in [1.29, 1.82) is 0 Å². The zero-order valence-electron chi connectivity index (χ0n) is 19.1. The number of phenols is 1. The standard InChI is InChI=1S/C26H22ClNO7/c1-33-17-9-5-7-15(11-17)28-23(14-6-4-8-16(29)10-14)22(25(31)26(28)32)24(30)18-12-19(27)21(35-3)13-20(18)34-2/h4-13,23,29-30H,1-3H3/b24-22+. The van der Waals surface area contributed by atoms with Gasteiger partial charge in [-0.2, -0.15) is 0 Å². The summed E-state index contributed by atoms with van der Waals surface area (Å²) < 4.78 is 15.9. The Labute approximate surface area is 206 Å². The molecule has 1 saturated heterocycles. The van der Waals surface area contributed by atoms with Crippen LogP contribution in [0.15, 0.2) is 66.2 Å². The second-order valence-corrected chi connectivity index (χ2v) is 8.06. The Balaban J connectivity index is 2.00. The van der Waals surface area contributed by atoms with Crippen LogP contribution in [0, 0.1) is 0 Å². The van der Waals surface area contributed by atoms with Crippen LogP contribution in [0.4, 0.5) is 5.69 Å². The molecule has 0 aromatic heterocycles. The second kappa shape index (κ2) is 9.60. The van der Waals surface area contributed by atoms with Crippen molar-refractivity contribution < 1.29 is 34.0 Å². The summed E-state index contributed by atoms with van der Waals surface area (Å²) in [4.78, 5) is 27.9. The first kappa shape index (κ1) is 24.0. The molecule has 0 spiro atoms. The highest BCUT2D eigenvalue weighted by molar-refractivity contribution is 6.51. The number of aromatic hydroxyl groups is 1. The highest BCUT2D eigenvalue weighted by Crippen LogP contribution is 2.45. The number of nitrogens with zero attached hydrogens (tertiary/aromatic N) is 1. The van der Waals surface area contributed by atoms with Gasteiger partial charge in [-0.3, -0.25) is 14.5 Å². The number of hydrogen-bond donors (Lipinski definition) is 2. The van der Waals surface area contributed by atoms with Crippen molar-refractivity contribution in [2.75, 3.05) is 26.2 Å². The maximum atomic E-state index is 13.3. The molecule has 180 valence electrons. The smallest absolute Gasteiger partial charge is 0.300 e. The van der Waals surface area contributed by atoms with Crippen molar-refractivity contribution in [2.24, 2.45) is 0 Å². The zero-order chi connectivity index (χ0) is 25.3. The lowest BCUT2D eigenvalue weighted by Crippen LogP contribution is -2.29. The molecule has 8 nitrogen and oxygen atoms in total. The molecular weight excluding hydrogens is 474 g/mol. The number of halogens is 1. The number of aliphatic hydroxyl groups excluding tert-OH is 1. The fraction of sp³-hybridized carbons (Fsp3) is 0.154. The maximum Gasteiger partial charge on any atom is 0.300 e. The van der Waals surface area contributed by atoms with E-state index in [0.717, 1.165) is 0 Å². The summed E-state index contributed by atoms with van der Waals surface area (Å²) in [6.07, 6.45) is 0. The predicted octanol–water partition coefficient (Wildman–Crippen LogP) is 4.70. The van der Waals surface area contributed by atoms with Gasteiger partial charge in [0.1, 0.15) is 28.8 Å². The molecule has 3 aromatic carbocycles. The van der Waals surface area contributed by atoms with E-state index >= 15 is 0 Å². The maximum absolute atomic E-state index is 13.3. The van der Waals surface area contributed by atoms with Crippen molar-refractivity contribution in [3.63, 3.8) is 0 Å². The van der Waals surface area contributed by atoms with Crippen LogP contribution in [0.5, 0.6) is 23.0 Å². The first-order valence-corrected chi connectivity index (χ1v) is 10.8. The van der Waals surface area contributed by atoms with Gasteiger partial charge in [0.25, 0.3) is 11.7 Å². The molecule has 35 heavy (non-hydrogen) atoms. The van der Waals surface area contributed by atoms with Crippen LogP contribution >= 0.6 is 11.6 Å². The van der Waals surface area contributed by atoms with Crippen LogP contribution in [0.25, 0.3) is 5.76 Å². The number of methoxy groups -OCH3 is 3. The number of anilines is 1. The van der Waals surface area contributed by atoms with Gasteiger partial charge in [0, 0.05) is 17.8 Å². The molecule has 1 aliphatic rings. The molecule has 0 saturated carbocycles. The van der Waals surface area contributed by atoms with E-state index in [1.165, 1.54) is 50.5 Å². The van der Waals surface area contributed by atoms with E-state index in [4.69, 9.17) is 25.8 Å².